The number of allylic oxidation sites excluding steroid dienone is 1. The standard InChI is InChI=1S/C36H58N4O9/c1-10-38-15-16-40(11-2)36(44)48-30-21-27-20-26(33(30)47-9)17-22(3)18-29(46-8)31(41)24(5)19-25(6)32(49-35(37)43)28(45-7)14-12-13-23(4)34(42)39-27/h13,19-22,24,28-29,31-32,38,41H,10-12,14-18H2,1-9H3,(H2,37,43)(H,39,42)/t22-,24+,28+,29+,31-,32+/m1/s1. The third-order valence-corrected chi connectivity index (χ3v) is 8.78. The quantitative estimate of drug-likeness (QED) is 0.197. The van der Waals surface area contributed by atoms with Crippen molar-refractivity contribution in [2.75, 3.05) is 52.8 Å². The molecule has 5 N–H and O–H groups in total. The molecule has 0 radical (unpaired) electrons. The lowest BCUT2D eigenvalue weighted by Gasteiger charge is -2.30. The van der Waals surface area contributed by atoms with Crippen LogP contribution < -0.4 is 25.8 Å². The van der Waals surface area contributed by atoms with Gasteiger partial charge in [-0.2, -0.15) is 0 Å². The van der Waals surface area contributed by atoms with Crippen LogP contribution in [0.25, 0.3) is 0 Å². The normalized spacial score (nSPS) is 24.2. The predicted octanol–water partition coefficient (Wildman–Crippen LogP) is 4.81. The maximum Gasteiger partial charge on any atom is 0.415 e. The maximum absolute atomic E-state index is 13.4. The highest BCUT2D eigenvalue weighted by Gasteiger charge is 2.30. The van der Waals surface area contributed by atoms with Crippen molar-refractivity contribution in [3.05, 3.63) is 41.0 Å². The van der Waals surface area contributed by atoms with E-state index in [0.29, 0.717) is 73.5 Å². The lowest BCUT2D eigenvalue weighted by atomic mass is 9.88. The molecule has 3 amide bonds. The van der Waals surface area contributed by atoms with Crippen LogP contribution in [0.15, 0.2) is 35.4 Å². The van der Waals surface area contributed by atoms with Crippen LogP contribution >= 0.6 is 0 Å². The molecule has 276 valence electrons. The van der Waals surface area contributed by atoms with Gasteiger partial charge in [0.25, 0.3) is 5.91 Å². The van der Waals surface area contributed by atoms with E-state index in [-0.39, 0.29) is 23.5 Å². The van der Waals surface area contributed by atoms with Gasteiger partial charge in [-0.05, 0) is 70.6 Å². The summed E-state index contributed by atoms with van der Waals surface area (Å²) in [4.78, 5) is 40.1. The summed E-state index contributed by atoms with van der Waals surface area (Å²) in [6.07, 6.45) is 1.12. The van der Waals surface area contributed by atoms with Crippen molar-refractivity contribution in [2.24, 2.45) is 17.6 Å². The Balaban J connectivity index is 2.60. The first kappa shape index (κ1) is 41.5. The third kappa shape index (κ3) is 12.6. The molecule has 2 rings (SSSR count). The molecule has 0 saturated heterocycles. The summed E-state index contributed by atoms with van der Waals surface area (Å²) >= 11 is 0. The van der Waals surface area contributed by atoms with E-state index in [1.807, 2.05) is 39.8 Å². The van der Waals surface area contributed by atoms with Crippen LogP contribution in [-0.2, 0) is 25.4 Å². The molecule has 6 atom stereocenters. The smallest absolute Gasteiger partial charge is 0.415 e. The van der Waals surface area contributed by atoms with Crippen LogP contribution in [0.4, 0.5) is 15.3 Å². The van der Waals surface area contributed by atoms with Gasteiger partial charge in [0.2, 0.25) is 0 Å². The Hall–Kier alpha value is -3.65. The van der Waals surface area contributed by atoms with Gasteiger partial charge < -0.3 is 50.1 Å². The fourth-order valence-electron chi connectivity index (χ4n) is 6.06. The number of hydrogen-bond donors (Lipinski definition) is 4. The highest BCUT2D eigenvalue weighted by Crippen LogP contribution is 2.38. The summed E-state index contributed by atoms with van der Waals surface area (Å²) in [5.74, 6) is -0.196. The van der Waals surface area contributed by atoms with Gasteiger partial charge in [0.05, 0.1) is 25.4 Å². The highest BCUT2D eigenvalue weighted by molar-refractivity contribution is 6.03. The molecule has 1 aliphatic rings. The van der Waals surface area contributed by atoms with Gasteiger partial charge in [-0.1, -0.05) is 32.9 Å². The fourth-order valence-corrected chi connectivity index (χ4v) is 6.06. The number of carbonyl (C=O) groups excluding carboxylic acids is 3. The molecule has 1 aromatic rings. The van der Waals surface area contributed by atoms with Crippen LogP contribution in [0, 0.1) is 11.8 Å². The van der Waals surface area contributed by atoms with Crippen LogP contribution in [0.2, 0.25) is 0 Å². The summed E-state index contributed by atoms with van der Waals surface area (Å²) in [5.41, 5.74) is 7.69. The van der Waals surface area contributed by atoms with Crippen molar-refractivity contribution in [1.29, 1.82) is 0 Å². The molecule has 0 spiro atoms. The molecule has 0 fully saturated rings. The van der Waals surface area contributed by atoms with Gasteiger partial charge in [-0.15, -0.1) is 0 Å². The van der Waals surface area contributed by atoms with E-state index < -0.39 is 36.6 Å². The number of rotatable bonds is 10. The van der Waals surface area contributed by atoms with E-state index in [2.05, 4.69) is 10.6 Å². The minimum Gasteiger partial charge on any atom is -0.493 e. The average molecular weight is 691 g/mol. The fraction of sp³-hybridized carbons (Fsp3) is 0.639. The number of likely N-dealkylation sites (N-methyl/N-ethyl adjacent to an activating group) is 2. The number of nitrogens with two attached hydrogens (primary N) is 1. The number of ether oxygens (including phenoxy) is 5. The Morgan fingerprint density at radius 3 is 2.39 bits per heavy atom. The maximum atomic E-state index is 13.4. The van der Waals surface area contributed by atoms with Crippen LogP contribution in [-0.4, -0.2) is 100 Å². The number of nitrogens with one attached hydrogen (secondary N) is 2. The van der Waals surface area contributed by atoms with Gasteiger partial charge in [0.15, 0.2) is 17.6 Å². The second kappa shape index (κ2) is 20.8. The van der Waals surface area contributed by atoms with E-state index >= 15 is 0 Å². The van der Waals surface area contributed by atoms with E-state index in [0.717, 1.165) is 6.54 Å². The minimum absolute atomic E-state index is 0.0416. The minimum atomic E-state index is -0.945. The monoisotopic (exact) mass is 690 g/mol. The molecule has 49 heavy (non-hydrogen) atoms. The number of hydrogen-bond acceptors (Lipinski definition) is 10. The van der Waals surface area contributed by atoms with Gasteiger partial charge in [0, 0.05) is 62.7 Å². The molecule has 0 aromatic heterocycles. The van der Waals surface area contributed by atoms with E-state index in [1.54, 1.807) is 38.0 Å². The van der Waals surface area contributed by atoms with Crippen molar-refractivity contribution in [2.45, 2.75) is 91.6 Å². The van der Waals surface area contributed by atoms with Gasteiger partial charge in [-0.3, -0.25) is 4.79 Å². The number of anilines is 1. The SMILES string of the molecule is CCNCCN(CC)C(=O)Oc1cc2cc(c1OC)C[C@@H](C)C[C@H](OC)[C@H](O)[C@@H](C)C=C(C)[C@H](OC(N)=O)[C@@H](OC)CCC=C(C)C(=O)N2. The number of benzene rings is 1. The first-order valence-electron chi connectivity index (χ1n) is 17.0. The number of nitrogens with zero attached hydrogens (tertiary/aromatic N) is 1. The van der Waals surface area contributed by atoms with Gasteiger partial charge in [-0.25, -0.2) is 9.59 Å². The second-order valence-electron chi connectivity index (χ2n) is 12.6. The van der Waals surface area contributed by atoms with Crippen molar-refractivity contribution < 1.29 is 43.2 Å². The number of carbonyl (C=O) groups is 3. The van der Waals surface area contributed by atoms with E-state index in [9.17, 15) is 19.5 Å². The molecule has 13 heteroatoms. The van der Waals surface area contributed by atoms with Crippen molar-refractivity contribution in [1.82, 2.24) is 10.2 Å². The molecule has 2 bridgehead atoms. The molecule has 1 heterocycles. The molecule has 0 aliphatic carbocycles. The Morgan fingerprint density at radius 1 is 1.10 bits per heavy atom. The average Bonchev–Trinajstić information content (AvgIpc) is 3.05. The Morgan fingerprint density at radius 2 is 1.80 bits per heavy atom. The number of primary amides is 1. The van der Waals surface area contributed by atoms with Crippen molar-refractivity contribution >= 4 is 23.8 Å². The summed E-state index contributed by atoms with van der Waals surface area (Å²) in [5, 5.41) is 17.6. The molecule has 0 saturated carbocycles. The first-order chi connectivity index (χ1) is 23.3. The topological polar surface area (TPSA) is 171 Å². The highest BCUT2D eigenvalue weighted by atomic mass is 16.6. The molecule has 1 aromatic carbocycles. The molecular formula is C36H58N4O9. The van der Waals surface area contributed by atoms with E-state index in [1.165, 1.54) is 14.2 Å². The molecule has 1 aliphatic heterocycles. The molecule has 0 unspecified atom stereocenters. The summed E-state index contributed by atoms with van der Waals surface area (Å²) in [7, 11) is 4.58. The lowest BCUT2D eigenvalue weighted by Crippen LogP contribution is -2.38. The second-order valence-corrected chi connectivity index (χ2v) is 12.6. The molecular weight excluding hydrogens is 632 g/mol. The number of methoxy groups -OCH3 is 3. The van der Waals surface area contributed by atoms with Crippen molar-refractivity contribution in [3.63, 3.8) is 0 Å². The number of aliphatic hydroxyl groups is 1. The van der Waals surface area contributed by atoms with Crippen LogP contribution in [0.5, 0.6) is 11.5 Å². The Labute approximate surface area is 291 Å². The van der Waals surface area contributed by atoms with Crippen molar-refractivity contribution in [3.8, 4) is 11.5 Å². The Bertz CT molecular complexity index is 1300. The zero-order valence-corrected chi connectivity index (χ0v) is 30.7. The summed E-state index contributed by atoms with van der Waals surface area (Å²) < 4.78 is 28.7. The predicted molar refractivity (Wildman–Crippen MR) is 189 cm³/mol. The number of aliphatic hydroxyl groups excluding tert-OH is 1. The van der Waals surface area contributed by atoms with Crippen LogP contribution in [0.1, 0.15) is 66.4 Å². The molecule has 13 nitrogen and oxygen atoms in total. The zero-order chi connectivity index (χ0) is 36.7. The third-order valence-electron chi connectivity index (χ3n) is 8.78. The lowest BCUT2D eigenvalue weighted by molar-refractivity contribution is -0.112. The summed E-state index contributed by atoms with van der Waals surface area (Å²) in [6.45, 7) is 13.6. The first-order valence-corrected chi connectivity index (χ1v) is 17.0. The van der Waals surface area contributed by atoms with Gasteiger partial charge >= 0.3 is 12.2 Å². The van der Waals surface area contributed by atoms with Crippen LogP contribution in [0.3, 0.4) is 0 Å². The summed E-state index contributed by atoms with van der Waals surface area (Å²) in [6, 6.07) is 3.40. The number of amides is 3. The Kier molecular flexibility index (Phi) is 17.6. The van der Waals surface area contributed by atoms with E-state index in [4.69, 9.17) is 29.4 Å². The zero-order valence-electron chi connectivity index (χ0n) is 30.7. The number of fused-ring (bicyclic) bond motifs is 2. The largest absolute Gasteiger partial charge is 0.493 e. The van der Waals surface area contributed by atoms with Gasteiger partial charge in [0.1, 0.15) is 0 Å².